The standard InChI is InChI=1S/C22H26BrClN2O4/c1-14(2)25-22(28)15(3)26(12-16-5-8-18(29-4)9-6-16)21(27)13-30-20-10-7-17(24)11-19(20)23/h5-11,14-15H,12-13H2,1-4H3,(H,25,28)/t15-/m0/s1. The van der Waals surface area contributed by atoms with Crippen LogP contribution in [0, 0.1) is 0 Å². The maximum Gasteiger partial charge on any atom is 0.261 e. The zero-order chi connectivity index (χ0) is 22.3. The average molecular weight is 498 g/mol. The molecule has 6 nitrogen and oxygen atoms in total. The number of benzene rings is 2. The lowest BCUT2D eigenvalue weighted by Gasteiger charge is -2.29. The third kappa shape index (κ3) is 6.92. The minimum Gasteiger partial charge on any atom is -0.497 e. The minimum atomic E-state index is -0.667. The molecule has 8 heteroatoms. The van der Waals surface area contributed by atoms with Crippen LogP contribution in [-0.2, 0) is 16.1 Å². The van der Waals surface area contributed by atoms with Crippen LogP contribution in [0.3, 0.4) is 0 Å². The van der Waals surface area contributed by atoms with Crippen molar-refractivity contribution >= 4 is 39.3 Å². The third-order valence-corrected chi connectivity index (χ3v) is 5.21. The van der Waals surface area contributed by atoms with Gasteiger partial charge in [0, 0.05) is 17.6 Å². The van der Waals surface area contributed by atoms with Crippen LogP contribution in [0.1, 0.15) is 26.3 Å². The highest BCUT2D eigenvalue weighted by Gasteiger charge is 2.27. The van der Waals surface area contributed by atoms with Crippen molar-refractivity contribution in [2.45, 2.75) is 39.4 Å². The fraction of sp³-hybridized carbons (Fsp3) is 0.364. The molecule has 162 valence electrons. The van der Waals surface area contributed by atoms with Crippen molar-refractivity contribution in [3.8, 4) is 11.5 Å². The number of rotatable bonds is 9. The molecule has 0 unspecified atom stereocenters. The van der Waals surface area contributed by atoms with E-state index in [2.05, 4.69) is 21.2 Å². The van der Waals surface area contributed by atoms with E-state index in [1.807, 2.05) is 38.1 Å². The Morgan fingerprint density at radius 3 is 2.37 bits per heavy atom. The third-order valence-electron chi connectivity index (χ3n) is 4.36. The molecule has 0 radical (unpaired) electrons. The van der Waals surface area contributed by atoms with Gasteiger partial charge in [0.25, 0.3) is 5.91 Å². The summed E-state index contributed by atoms with van der Waals surface area (Å²) in [6, 6.07) is 11.7. The van der Waals surface area contributed by atoms with E-state index >= 15 is 0 Å². The highest BCUT2D eigenvalue weighted by atomic mass is 79.9. The van der Waals surface area contributed by atoms with Gasteiger partial charge in [-0.15, -0.1) is 0 Å². The van der Waals surface area contributed by atoms with E-state index in [0.29, 0.717) is 15.2 Å². The molecule has 0 spiro atoms. The van der Waals surface area contributed by atoms with Crippen molar-refractivity contribution in [2.24, 2.45) is 0 Å². The Morgan fingerprint density at radius 1 is 1.13 bits per heavy atom. The predicted octanol–water partition coefficient (Wildman–Crippen LogP) is 4.43. The summed E-state index contributed by atoms with van der Waals surface area (Å²) in [7, 11) is 1.59. The minimum absolute atomic E-state index is 0.0286. The Bertz CT molecular complexity index is 874. The van der Waals surface area contributed by atoms with E-state index in [-0.39, 0.29) is 31.0 Å². The van der Waals surface area contributed by atoms with Crippen molar-refractivity contribution < 1.29 is 19.1 Å². The molecule has 0 aliphatic rings. The summed E-state index contributed by atoms with van der Waals surface area (Å²) in [5, 5.41) is 3.41. The Balaban J connectivity index is 2.17. The van der Waals surface area contributed by atoms with Gasteiger partial charge in [-0.1, -0.05) is 23.7 Å². The number of hydrogen-bond donors (Lipinski definition) is 1. The first-order chi connectivity index (χ1) is 14.2. The number of carbonyl (C=O) groups excluding carboxylic acids is 2. The quantitative estimate of drug-likeness (QED) is 0.556. The monoisotopic (exact) mass is 496 g/mol. The van der Waals surface area contributed by atoms with Gasteiger partial charge < -0.3 is 19.7 Å². The Morgan fingerprint density at radius 2 is 1.80 bits per heavy atom. The molecule has 2 aromatic carbocycles. The van der Waals surface area contributed by atoms with E-state index in [9.17, 15) is 9.59 Å². The number of halogens is 2. The van der Waals surface area contributed by atoms with E-state index in [4.69, 9.17) is 21.1 Å². The van der Waals surface area contributed by atoms with E-state index < -0.39 is 6.04 Å². The lowest BCUT2D eigenvalue weighted by atomic mass is 10.1. The van der Waals surface area contributed by atoms with Gasteiger partial charge in [-0.2, -0.15) is 0 Å². The van der Waals surface area contributed by atoms with Crippen LogP contribution in [0.4, 0.5) is 0 Å². The van der Waals surface area contributed by atoms with Crippen molar-refractivity contribution in [1.29, 1.82) is 0 Å². The molecule has 30 heavy (non-hydrogen) atoms. The first-order valence-corrected chi connectivity index (χ1v) is 10.7. The van der Waals surface area contributed by atoms with Gasteiger partial charge in [-0.3, -0.25) is 9.59 Å². The van der Waals surface area contributed by atoms with Crippen LogP contribution in [0.5, 0.6) is 11.5 Å². The van der Waals surface area contributed by atoms with Gasteiger partial charge in [0.2, 0.25) is 5.91 Å². The second-order valence-electron chi connectivity index (χ2n) is 7.07. The lowest BCUT2D eigenvalue weighted by Crippen LogP contribution is -2.50. The van der Waals surface area contributed by atoms with Gasteiger partial charge in [0.1, 0.15) is 17.5 Å². The summed E-state index contributed by atoms with van der Waals surface area (Å²) >= 11 is 9.32. The Hall–Kier alpha value is -2.25. The lowest BCUT2D eigenvalue weighted by molar-refractivity contribution is -0.142. The number of ether oxygens (including phenoxy) is 2. The van der Waals surface area contributed by atoms with E-state index in [0.717, 1.165) is 11.3 Å². The van der Waals surface area contributed by atoms with Gasteiger partial charge in [-0.05, 0) is 72.6 Å². The largest absolute Gasteiger partial charge is 0.497 e. The molecule has 0 aliphatic carbocycles. The fourth-order valence-corrected chi connectivity index (χ4v) is 3.53. The number of nitrogens with zero attached hydrogens (tertiary/aromatic N) is 1. The van der Waals surface area contributed by atoms with Crippen LogP contribution >= 0.6 is 27.5 Å². The highest BCUT2D eigenvalue weighted by molar-refractivity contribution is 9.10. The molecule has 0 aromatic heterocycles. The molecular weight excluding hydrogens is 472 g/mol. The fourth-order valence-electron chi connectivity index (χ4n) is 2.73. The van der Waals surface area contributed by atoms with Crippen LogP contribution < -0.4 is 14.8 Å². The smallest absolute Gasteiger partial charge is 0.261 e. The molecule has 0 saturated heterocycles. The molecule has 0 fully saturated rings. The maximum atomic E-state index is 13.0. The van der Waals surface area contributed by atoms with Crippen LogP contribution in [0.25, 0.3) is 0 Å². The van der Waals surface area contributed by atoms with E-state index in [1.165, 1.54) is 4.90 Å². The molecule has 2 rings (SSSR count). The summed E-state index contributed by atoms with van der Waals surface area (Å²) in [5.74, 6) is 0.688. The summed E-state index contributed by atoms with van der Waals surface area (Å²) in [5.41, 5.74) is 0.876. The summed E-state index contributed by atoms with van der Waals surface area (Å²) < 4.78 is 11.5. The predicted molar refractivity (Wildman–Crippen MR) is 121 cm³/mol. The molecule has 2 aromatic rings. The molecule has 2 amide bonds. The van der Waals surface area contributed by atoms with Crippen molar-refractivity contribution in [3.63, 3.8) is 0 Å². The zero-order valence-corrected chi connectivity index (χ0v) is 19.8. The number of amides is 2. The van der Waals surface area contributed by atoms with Crippen molar-refractivity contribution in [3.05, 3.63) is 57.5 Å². The van der Waals surface area contributed by atoms with Crippen molar-refractivity contribution in [2.75, 3.05) is 13.7 Å². The topological polar surface area (TPSA) is 67.9 Å². The molecule has 0 saturated carbocycles. The maximum absolute atomic E-state index is 13.0. The summed E-state index contributed by atoms with van der Waals surface area (Å²) in [4.78, 5) is 27.1. The molecule has 0 aliphatic heterocycles. The molecule has 0 heterocycles. The second kappa shape index (κ2) is 11.2. The molecular formula is C22H26BrClN2O4. The highest BCUT2D eigenvalue weighted by Crippen LogP contribution is 2.28. The zero-order valence-electron chi connectivity index (χ0n) is 17.4. The second-order valence-corrected chi connectivity index (χ2v) is 8.36. The SMILES string of the molecule is COc1ccc(CN(C(=O)COc2ccc(Cl)cc2Br)[C@@H](C)C(=O)NC(C)C)cc1. The van der Waals surface area contributed by atoms with E-state index in [1.54, 1.807) is 32.2 Å². The number of carbonyl (C=O) groups is 2. The number of hydrogen-bond acceptors (Lipinski definition) is 4. The van der Waals surface area contributed by atoms with Gasteiger partial charge in [0.05, 0.1) is 11.6 Å². The molecule has 1 atom stereocenters. The number of nitrogens with one attached hydrogen (secondary N) is 1. The Labute approximate surface area is 190 Å². The van der Waals surface area contributed by atoms with Gasteiger partial charge in [0.15, 0.2) is 6.61 Å². The average Bonchev–Trinajstić information content (AvgIpc) is 2.70. The van der Waals surface area contributed by atoms with Gasteiger partial charge in [-0.25, -0.2) is 0 Å². The van der Waals surface area contributed by atoms with Crippen molar-refractivity contribution in [1.82, 2.24) is 10.2 Å². The molecule has 1 N–H and O–H groups in total. The first-order valence-electron chi connectivity index (χ1n) is 9.52. The van der Waals surface area contributed by atoms with Crippen LogP contribution in [0.15, 0.2) is 46.9 Å². The summed E-state index contributed by atoms with van der Waals surface area (Å²) in [6.45, 7) is 5.51. The normalized spacial score (nSPS) is 11.7. The first kappa shape index (κ1) is 24.0. The Kier molecular flexibility index (Phi) is 8.99. The summed E-state index contributed by atoms with van der Waals surface area (Å²) in [6.07, 6.45) is 0. The van der Waals surface area contributed by atoms with Gasteiger partial charge >= 0.3 is 0 Å². The molecule has 0 bridgehead atoms. The number of methoxy groups -OCH3 is 1. The van der Waals surface area contributed by atoms with Crippen LogP contribution in [0.2, 0.25) is 5.02 Å². The van der Waals surface area contributed by atoms with Crippen LogP contribution in [-0.4, -0.2) is 42.5 Å².